The molecule has 0 aliphatic heterocycles. The summed E-state index contributed by atoms with van der Waals surface area (Å²) >= 11 is 6.45. The van der Waals surface area contributed by atoms with Gasteiger partial charge in [0.2, 0.25) is 5.91 Å². The van der Waals surface area contributed by atoms with Gasteiger partial charge in [-0.05, 0) is 24.1 Å². The Balaban J connectivity index is 1.78. The predicted molar refractivity (Wildman–Crippen MR) is 132 cm³/mol. The molecule has 0 spiro atoms. The summed E-state index contributed by atoms with van der Waals surface area (Å²) in [5.41, 5.74) is 2.61. The average molecular weight is 499 g/mol. The van der Waals surface area contributed by atoms with Crippen molar-refractivity contribution in [3.8, 4) is 11.3 Å². The van der Waals surface area contributed by atoms with Gasteiger partial charge in [0.25, 0.3) is 0 Å². The molecular formula is C25H27ClN4O5. The number of H-pyrrole nitrogens is 1. The third-order valence-electron chi connectivity index (χ3n) is 5.07. The summed E-state index contributed by atoms with van der Waals surface area (Å²) in [6.45, 7) is 2.35. The standard InChI is InChI=1S/C25H27ClN4O5/c1-2-3-13-35-25(34)28-19(14-16-7-5-4-6-8-16)24-29-22(23(26)30-24)17-9-11-18(12-10-17)27-20(31)15-21(32)33/h4-12,19H,2-3,13-15H2,1H3,(H,27,31)(H,28,34)(H,29,30)(H,32,33)/t19-/m0/s1. The molecule has 35 heavy (non-hydrogen) atoms. The number of imidazole rings is 1. The fourth-order valence-corrected chi connectivity index (χ4v) is 3.59. The van der Waals surface area contributed by atoms with Crippen LogP contribution >= 0.6 is 11.6 Å². The highest BCUT2D eigenvalue weighted by Crippen LogP contribution is 2.29. The molecule has 2 amide bonds. The lowest BCUT2D eigenvalue weighted by Crippen LogP contribution is -2.31. The number of aromatic amines is 1. The number of hydrogen-bond acceptors (Lipinski definition) is 5. The topological polar surface area (TPSA) is 133 Å². The fraction of sp³-hybridized carbons (Fsp3) is 0.280. The molecule has 9 nitrogen and oxygen atoms in total. The zero-order chi connectivity index (χ0) is 25.2. The van der Waals surface area contributed by atoms with Crippen molar-refractivity contribution in [1.29, 1.82) is 0 Å². The third kappa shape index (κ3) is 7.86. The van der Waals surface area contributed by atoms with E-state index in [1.165, 1.54) is 0 Å². The lowest BCUT2D eigenvalue weighted by Gasteiger charge is -2.17. The number of aromatic nitrogens is 2. The van der Waals surface area contributed by atoms with Gasteiger partial charge in [0, 0.05) is 17.7 Å². The van der Waals surface area contributed by atoms with E-state index in [0.29, 0.717) is 40.9 Å². The summed E-state index contributed by atoms with van der Waals surface area (Å²) < 4.78 is 5.27. The second-order valence-corrected chi connectivity index (χ2v) is 8.23. The molecule has 1 atom stereocenters. The predicted octanol–water partition coefficient (Wildman–Crippen LogP) is 4.95. The second-order valence-electron chi connectivity index (χ2n) is 7.86. The van der Waals surface area contributed by atoms with Crippen molar-refractivity contribution in [3.63, 3.8) is 0 Å². The summed E-state index contributed by atoms with van der Waals surface area (Å²) in [5, 5.41) is 14.4. The molecule has 0 radical (unpaired) electrons. The van der Waals surface area contributed by atoms with Crippen LogP contribution in [-0.4, -0.2) is 39.7 Å². The lowest BCUT2D eigenvalue weighted by molar-refractivity contribution is -0.139. The molecule has 3 aromatic rings. The molecule has 1 heterocycles. The second kappa shape index (κ2) is 12.6. The van der Waals surface area contributed by atoms with Gasteiger partial charge in [0.05, 0.1) is 12.6 Å². The number of alkyl carbamates (subject to hydrolysis) is 1. The Morgan fingerprint density at radius 2 is 1.83 bits per heavy atom. The van der Waals surface area contributed by atoms with Gasteiger partial charge in [-0.3, -0.25) is 9.59 Å². The zero-order valence-electron chi connectivity index (χ0n) is 19.2. The minimum atomic E-state index is -1.21. The molecular weight excluding hydrogens is 472 g/mol. The number of nitrogens with zero attached hydrogens (tertiary/aromatic N) is 1. The van der Waals surface area contributed by atoms with Crippen molar-refractivity contribution in [2.75, 3.05) is 11.9 Å². The molecule has 4 N–H and O–H groups in total. The monoisotopic (exact) mass is 498 g/mol. The SMILES string of the molecule is CCCCOC(=O)N[C@@H](Cc1ccccc1)c1nc(-c2ccc(NC(=O)CC(=O)O)cc2)c(Cl)[nH]1. The largest absolute Gasteiger partial charge is 0.481 e. The summed E-state index contributed by atoms with van der Waals surface area (Å²) in [6.07, 6.45) is 1.02. The van der Waals surface area contributed by atoms with Crippen LogP contribution in [0.1, 0.15) is 43.6 Å². The van der Waals surface area contributed by atoms with Gasteiger partial charge in [0.1, 0.15) is 23.1 Å². The van der Waals surface area contributed by atoms with Gasteiger partial charge in [-0.2, -0.15) is 0 Å². The van der Waals surface area contributed by atoms with Crippen LogP contribution in [0.15, 0.2) is 54.6 Å². The first-order valence-electron chi connectivity index (χ1n) is 11.2. The number of aliphatic carboxylic acids is 1. The first-order valence-corrected chi connectivity index (χ1v) is 11.6. The van der Waals surface area contributed by atoms with Gasteiger partial charge in [-0.1, -0.05) is 67.4 Å². The van der Waals surface area contributed by atoms with E-state index in [2.05, 4.69) is 20.6 Å². The molecule has 0 aliphatic rings. The van der Waals surface area contributed by atoms with E-state index in [0.717, 1.165) is 18.4 Å². The van der Waals surface area contributed by atoms with Crippen molar-refractivity contribution in [3.05, 3.63) is 71.1 Å². The number of hydrogen-bond donors (Lipinski definition) is 4. The van der Waals surface area contributed by atoms with Gasteiger partial charge in [-0.15, -0.1) is 0 Å². The number of halogens is 1. The number of rotatable bonds is 11. The quantitative estimate of drug-likeness (QED) is 0.218. The summed E-state index contributed by atoms with van der Waals surface area (Å²) in [4.78, 5) is 42.4. The highest BCUT2D eigenvalue weighted by atomic mass is 35.5. The van der Waals surface area contributed by atoms with E-state index in [1.807, 2.05) is 37.3 Å². The highest BCUT2D eigenvalue weighted by molar-refractivity contribution is 6.31. The maximum absolute atomic E-state index is 12.4. The highest BCUT2D eigenvalue weighted by Gasteiger charge is 2.22. The number of carbonyl (C=O) groups excluding carboxylic acids is 2. The van der Waals surface area contributed by atoms with Crippen LogP contribution in [0.3, 0.4) is 0 Å². The number of carboxylic acid groups (broad SMARTS) is 1. The van der Waals surface area contributed by atoms with E-state index >= 15 is 0 Å². The first kappa shape index (κ1) is 25.8. The minimum absolute atomic E-state index is 0.293. The molecule has 0 saturated heterocycles. The van der Waals surface area contributed by atoms with Crippen LogP contribution in [0.25, 0.3) is 11.3 Å². The molecule has 2 aromatic carbocycles. The number of amides is 2. The molecule has 0 aliphatic carbocycles. The fourth-order valence-electron chi connectivity index (χ4n) is 3.34. The number of unbranched alkanes of at least 4 members (excludes halogenated alkanes) is 1. The maximum atomic E-state index is 12.4. The number of nitrogens with one attached hydrogen (secondary N) is 3. The van der Waals surface area contributed by atoms with Crippen molar-refractivity contribution in [2.45, 2.75) is 38.6 Å². The molecule has 184 valence electrons. The van der Waals surface area contributed by atoms with Crippen molar-refractivity contribution < 1.29 is 24.2 Å². The van der Waals surface area contributed by atoms with Crippen molar-refractivity contribution in [1.82, 2.24) is 15.3 Å². The van der Waals surface area contributed by atoms with Crippen LogP contribution in [-0.2, 0) is 20.7 Å². The molecule has 0 saturated carbocycles. The number of carboxylic acids is 1. The molecule has 1 aromatic heterocycles. The minimum Gasteiger partial charge on any atom is -0.481 e. The third-order valence-corrected chi connectivity index (χ3v) is 5.34. The van der Waals surface area contributed by atoms with E-state index in [9.17, 15) is 14.4 Å². The maximum Gasteiger partial charge on any atom is 0.407 e. The van der Waals surface area contributed by atoms with Crippen molar-refractivity contribution in [2.24, 2.45) is 0 Å². The van der Waals surface area contributed by atoms with E-state index in [4.69, 9.17) is 21.4 Å². The lowest BCUT2D eigenvalue weighted by atomic mass is 10.1. The van der Waals surface area contributed by atoms with Crippen LogP contribution < -0.4 is 10.6 Å². The Bertz CT molecular complexity index is 1150. The van der Waals surface area contributed by atoms with E-state index < -0.39 is 30.4 Å². The van der Waals surface area contributed by atoms with Crippen LogP contribution in [0.2, 0.25) is 5.15 Å². The van der Waals surface area contributed by atoms with Crippen LogP contribution in [0.5, 0.6) is 0 Å². The molecule has 10 heteroatoms. The van der Waals surface area contributed by atoms with E-state index in [-0.39, 0.29) is 0 Å². The summed E-state index contributed by atoms with van der Waals surface area (Å²) in [6, 6.07) is 15.8. The van der Waals surface area contributed by atoms with Gasteiger partial charge in [0.15, 0.2) is 0 Å². The summed E-state index contributed by atoms with van der Waals surface area (Å²) in [7, 11) is 0. The molecule has 0 unspecified atom stereocenters. The Morgan fingerprint density at radius 3 is 2.49 bits per heavy atom. The zero-order valence-corrected chi connectivity index (χ0v) is 20.0. The molecule has 0 fully saturated rings. The Morgan fingerprint density at radius 1 is 1.11 bits per heavy atom. The Hall–Kier alpha value is -3.85. The van der Waals surface area contributed by atoms with Gasteiger partial charge in [-0.25, -0.2) is 9.78 Å². The molecule has 0 bridgehead atoms. The smallest absolute Gasteiger partial charge is 0.407 e. The first-order chi connectivity index (χ1) is 16.9. The normalized spacial score (nSPS) is 11.5. The number of anilines is 1. The Kier molecular flexibility index (Phi) is 9.25. The number of carbonyl (C=O) groups is 3. The van der Waals surface area contributed by atoms with Crippen LogP contribution in [0, 0.1) is 0 Å². The number of benzene rings is 2. The van der Waals surface area contributed by atoms with Gasteiger partial charge >= 0.3 is 12.1 Å². The van der Waals surface area contributed by atoms with Crippen molar-refractivity contribution >= 4 is 35.3 Å². The average Bonchev–Trinajstić information content (AvgIpc) is 3.21. The van der Waals surface area contributed by atoms with Gasteiger partial charge < -0.3 is 25.5 Å². The van der Waals surface area contributed by atoms with E-state index in [1.54, 1.807) is 24.3 Å². The number of ether oxygens (including phenoxy) is 1. The Labute approximate surface area is 207 Å². The summed E-state index contributed by atoms with van der Waals surface area (Å²) in [5.74, 6) is -1.35. The molecule has 3 rings (SSSR count). The van der Waals surface area contributed by atoms with Crippen LogP contribution in [0.4, 0.5) is 10.5 Å².